The molecule has 0 spiro atoms. The van der Waals surface area contributed by atoms with E-state index in [9.17, 15) is 28.8 Å². The number of fused-ring (bicyclic) bond motifs is 1. The molecule has 0 aliphatic carbocycles. The molecule has 2 amide bonds. The lowest BCUT2D eigenvalue weighted by Gasteiger charge is -2.07. The molecule has 0 unspecified atom stereocenters. The number of carbonyl (C=O) groups is 6. The van der Waals surface area contributed by atoms with Crippen molar-refractivity contribution in [1.29, 1.82) is 0 Å². The quantitative estimate of drug-likeness (QED) is 0.226. The van der Waals surface area contributed by atoms with Crippen LogP contribution in [-0.4, -0.2) is 79.2 Å². The zero-order chi connectivity index (χ0) is 31.7. The van der Waals surface area contributed by atoms with E-state index < -0.39 is 35.7 Å². The maximum Gasteiger partial charge on any atom is 0.348 e. The van der Waals surface area contributed by atoms with Crippen molar-refractivity contribution in [3.8, 4) is 0 Å². The largest absolute Gasteiger partial charge is 0.468 e. The second-order valence-corrected chi connectivity index (χ2v) is 11.5. The Hall–Kier alpha value is -4.02. The molecule has 0 fully saturated rings. The number of thioether (sulfide) groups is 1. The van der Waals surface area contributed by atoms with Gasteiger partial charge in [0.15, 0.2) is 4.80 Å². The third-order valence-corrected chi connectivity index (χ3v) is 8.78. The second-order valence-electron chi connectivity index (χ2n) is 8.47. The molecule has 13 nitrogen and oxygen atoms in total. The molecule has 230 valence electrons. The first-order chi connectivity index (χ1) is 20.5. The maximum atomic E-state index is 12.7. The number of benzene rings is 1. The van der Waals surface area contributed by atoms with Crippen molar-refractivity contribution >= 4 is 85.3 Å². The molecule has 0 aliphatic rings. The van der Waals surface area contributed by atoms with Crippen molar-refractivity contribution in [1.82, 2.24) is 4.57 Å². The van der Waals surface area contributed by atoms with Gasteiger partial charge in [-0.25, -0.2) is 14.4 Å². The van der Waals surface area contributed by atoms with Crippen LogP contribution in [0.1, 0.15) is 49.8 Å². The van der Waals surface area contributed by atoms with Crippen molar-refractivity contribution in [2.24, 2.45) is 4.99 Å². The van der Waals surface area contributed by atoms with Gasteiger partial charge >= 0.3 is 23.9 Å². The number of thiophene rings is 1. The zero-order valence-corrected chi connectivity index (χ0v) is 26.4. The number of methoxy groups -OCH3 is 2. The number of hydrogen-bond acceptors (Lipinski definition) is 13. The van der Waals surface area contributed by atoms with Gasteiger partial charge in [0, 0.05) is 0 Å². The molecular weight excluding hydrogens is 623 g/mol. The first-order valence-corrected chi connectivity index (χ1v) is 15.5. The van der Waals surface area contributed by atoms with Crippen LogP contribution in [0.15, 0.2) is 23.2 Å². The third kappa shape index (κ3) is 8.30. The molecule has 0 radical (unpaired) electrons. The Bertz CT molecular complexity index is 1640. The van der Waals surface area contributed by atoms with E-state index in [0.717, 1.165) is 34.4 Å². The van der Waals surface area contributed by atoms with Crippen molar-refractivity contribution in [3.63, 3.8) is 0 Å². The van der Waals surface area contributed by atoms with Gasteiger partial charge < -0.3 is 28.8 Å². The van der Waals surface area contributed by atoms with Crippen molar-refractivity contribution in [2.45, 2.75) is 27.3 Å². The smallest absolute Gasteiger partial charge is 0.348 e. The summed E-state index contributed by atoms with van der Waals surface area (Å²) in [7, 11) is 2.50. The van der Waals surface area contributed by atoms with E-state index in [1.807, 2.05) is 0 Å². The molecule has 0 bridgehead atoms. The Kier molecular flexibility index (Phi) is 12.0. The summed E-state index contributed by atoms with van der Waals surface area (Å²) >= 11 is 2.98. The van der Waals surface area contributed by atoms with Crippen LogP contribution in [0.5, 0.6) is 0 Å². The predicted octanol–water partition coefficient (Wildman–Crippen LogP) is 3.18. The average molecular weight is 652 g/mol. The molecule has 0 atom stereocenters. The number of amides is 2. The summed E-state index contributed by atoms with van der Waals surface area (Å²) in [6.45, 7) is 4.88. The topological polar surface area (TPSA) is 169 Å². The average Bonchev–Trinajstić information content (AvgIpc) is 3.48. The number of nitrogens with one attached hydrogen (secondary N) is 1. The Balaban J connectivity index is 1.76. The van der Waals surface area contributed by atoms with Crippen LogP contribution >= 0.6 is 34.4 Å². The Labute approximate surface area is 258 Å². The van der Waals surface area contributed by atoms with Crippen LogP contribution in [0.25, 0.3) is 10.2 Å². The maximum absolute atomic E-state index is 12.7. The van der Waals surface area contributed by atoms with Gasteiger partial charge in [0.1, 0.15) is 16.4 Å². The summed E-state index contributed by atoms with van der Waals surface area (Å²) in [6.07, 6.45) is 0. The van der Waals surface area contributed by atoms with Crippen molar-refractivity contribution < 1.29 is 47.7 Å². The predicted molar refractivity (Wildman–Crippen MR) is 161 cm³/mol. The molecule has 3 aromatic rings. The molecule has 16 heteroatoms. The Morgan fingerprint density at radius 1 is 0.930 bits per heavy atom. The molecular formula is C27H29N3O10S3. The minimum absolute atomic E-state index is 0.0645. The number of rotatable bonds is 12. The molecule has 2 aromatic heterocycles. The van der Waals surface area contributed by atoms with Gasteiger partial charge in [-0.15, -0.1) is 23.1 Å². The molecule has 2 heterocycles. The lowest BCUT2D eigenvalue weighted by Crippen LogP contribution is -2.23. The molecule has 0 saturated carbocycles. The first kappa shape index (κ1) is 33.5. The fourth-order valence-corrected chi connectivity index (χ4v) is 6.51. The van der Waals surface area contributed by atoms with Crippen LogP contribution in [0.4, 0.5) is 5.00 Å². The highest BCUT2D eigenvalue weighted by Gasteiger charge is 2.27. The molecule has 0 aliphatic heterocycles. The molecule has 1 N–H and O–H groups in total. The number of anilines is 1. The monoisotopic (exact) mass is 651 g/mol. The van der Waals surface area contributed by atoms with Gasteiger partial charge in [-0.3, -0.25) is 14.4 Å². The van der Waals surface area contributed by atoms with E-state index in [4.69, 9.17) is 18.9 Å². The van der Waals surface area contributed by atoms with Gasteiger partial charge in [-0.1, -0.05) is 11.3 Å². The van der Waals surface area contributed by atoms with Gasteiger partial charge in [0.05, 0.1) is 60.3 Å². The highest BCUT2D eigenvalue weighted by atomic mass is 32.2. The summed E-state index contributed by atoms with van der Waals surface area (Å²) in [5.74, 6) is -3.83. The summed E-state index contributed by atoms with van der Waals surface area (Å²) in [4.78, 5) is 78.8. The number of ether oxygens (including phenoxy) is 4. The van der Waals surface area contributed by atoms with Crippen LogP contribution in [0.3, 0.4) is 0 Å². The summed E-state index contributed by atoms with van der Waals surface area (Å²) in [5.41, 5.74) is 1.26. The van der Waals surface area contributed by atoms with Gasteiger partial charge in [0.25, 0.3) is 5.91 Å². The normalized spacial score (nSPS) is 11.2. The molecule has 3 rings (SSSR count). The second kappa shape index (κ2) is 15.5. The SMILES string of the molecule is CCOC(=O)c1sc(NC(=O)CSCC(=O)N=c2sc3cc(C(=O)OC)ccc3n2CC(=O)OC)c(C(=O)OCC)c1C. The number of aromatic nitrogens is 1. The molecule has 43 heavy (non-hydrogen) atoms. The minimum atomic E-state index is -0.689. The molecule has 1 aromatic carbocycles. The van der Waals surface area contributed by atoms with Gasteiger partial charge in [-0.05, 0) is 44.5 Å². The first-order valence-electron chi connectivity index (χ1n) is 12.8. The Morgan fingerprint density at radius 2 is 1.63 bits per heavy atom. The fraction of sp³-hybridized carbons (Fsp3) is 0.370. The standard InChI is InChI=1S/C27H29N3O10S3/c1-6-39-25(35)21-14(3)22(26(36)40-7-2)43-23(21)28-18(31)12-41-13-19(32)29-27-30(11-20(33)37-4)16-9-8-15(24(34)38-5)10-17(16)42-27/h8-10H,6-7,11-13H2,1-5H3,(H,28,31). The number of nitrogens with zero attached hydrogens (tertiary/aromatic N) is 2. The van der Waals surface area contributed by atoms with E-state index in [2.05, 4.69) is 10.3 Å². The van der Waals surface area contributed by atoms with Crippen molar-refractivity contribution in [3.05, 3.63) is 44.6 Å². The third-order valence-electron chi connectivity index (χ3n) is 5.64. The highest BCUT2D eigenvalue weighted by molar-refractivity contribution is 8.00. The minimum Gasteiger partial charge on any atom is -0.468 e. The number of thiazole rings is 1. The van der Waals surface area contributed by atoms with Gasteiger partial charge in [-0.2, -0.15) is 4.99 Å². The summed E-state index contributed by atoms with van der Waals surface area (Å²) < 4.78 is 21.7. The van der Waals surface area contributed by atoms with Crippen LogP contribution in [0.2, 0.25) is 0 Å². The fourth-order valence-electron chi connectivity index (χ4n) is 3.72. The number of carbonyl (C=O) groups excluding carboxylic acids is 6. The van der Waals surface area contributed by atoms with E-state index >= 15 is 0 Å². The lowest BCUT2D eigenvalue weighted by molar-refractivity contribution is -0.141. The lowest BCUT2D eigenvalue weighted by atomic mass is 10.1. The van der Waals surface area contributed by atoms with E-state index in [1.165, 1.54) is 24.9 Å². The van der Waals surface area contributed by atoms with E-state index in [0.29, 0.717) is 21.3 Å². The number of esters is 4. The van der Waals surface area contributed by atoms with Crippen molar-refractivity contribution in [2.75, 3.05) is 44.3 Å². The van der Waals surface area contributed by atoms with Crippen LogP contribution in [0, 0.1) is 6.92 Å². The Morgan fingerprint density at radius 3 is 2.28 bits per heavy atom. The number of hydrogen-bond donors (Lipinski definition) is 1. The van der Waals surface area contributed by atoms with Crippen LogP contribution in [-0.2, 0) is 39.9 Å². The van der Waals surface area contributed by atoms with E-state index in [-0.39, 0.29) is 51.5 Å². The van der Waals surface area contributed by atoms with Gasteiger partial charge in [0.2, 0.25) is 5.91 Å². The van der Waals surface area contributed by atoms with Crippen LogP contribution < -0.4 is 10.1 Å². The highest BCUT2D eigenvalue weighted by Crippen LogP contribution is 2.34. The summed E-state index contributed by atoms with van der Waals surface area (Å²) in [6, 6.07) is 4.73. The zero-order valence-electron chi connectivity index (χ0n) is 24.0. The molecule has 0 saturated heterocycles. The summed E-state index contributed by atoms with van der Waals surface area (Å²) in [5, 5.41) is 2.76. The van der Waals surface area contributed by atoms with E-state index in [1.54, 1.807) is 32.9 Å².